The highest BCUT2D eigenvalue weighted by atomic mass is 31.2. The molecule has 0 aromatic rings. The number of ether oxygens (including phenoxy) is 2. The molecule has 0 aliphatic carbocycles. The maximum Gasteiger partial charge on any atom is 0.472 e. The van der Waals surface area contributed by atoms with Gasteiger partial charge in [0.05, 0.1) is 19.8 Å². The van der Waals surface area contributed by atoms with E-state index in [-0.39, 0.29) is 32.3 Å². The molecule has 2 atom stereocenters. The van der Waals surface area contributed by atoms with Gasteiger partial charge in [-0.1, -0.05) is 194 Å². The van der Waals surface area contributed by atoms with E-state index < -0.39 is 13.9 Å². The summed E-state index contributed by atoms with van der Waals surface area (Å²) >= 11 is 0. The molecule has 64 heavy (non-hydrogen) atoms. The summed E-state index contributed by atoms with van der Waals surface area (Å²) in [4.78, 5) is 22.6. The maximum absolute atomic E-state index is 12.7. The van der Waals surface area contributed by atoms with Gasteiger partial charge in [-0.15, -0.1) is 0 Å². The van der Waals surface area contributed by atoms with E-state index in [1.54, 1.807) is 0 Å². The molecule has 0 rings (SSSR count). The zero-order valence-electron chi connectivity index (χ0n) is 40.7. The number of hydrogen-bond donors (Lipinski definition) is 2. The minimum atomic E-state index is -4.30. The second-order valence-corrected chi connectivity index (χ2v) is 17.7. The van der Waals surface area contributed by atoms with E-state index in [0.29, 0.717) is 13.0 Å². The van der Waals surface area contributed by atoms with Gasteiger partial charge in [0.1, 0.15) is 6.10 Å². The zero-order chi connectivity index (χ0) is 46.5. The molecular formula is C55H94NO7P. The molecule has 0 saturated carbocycles. The number of nitrogens with two attached hydrogens (primary N) is 1. The summed E-state index contributed by atoms with van der Waals surface area (Å²) in [6, 6.07) is 0. The number of hydrogen-bond acceptors (Lipinski definition) is 7. The molecule has 0 spiro atoms. The molecule has 0 aromatic carbocycles. The van der Waals surface area contributed by atoms with E-state index in [1.807, 2.05) is 0 Å². The summed E-state index contributed by atoms with van der Waals surface area (Å²) in [6.07, 6.45) is 69.7. The van der Waals surface area contributed by atoms with Crippen LogP contribution in [0.1, 0.15) is 194 Å². The average Bonchev–Trinajstić information content (AvgIpc) is 3.29. The van der Waals surface area contributed by atoms with Gasteiger partial charge in [0.2, 0.25) is 0 Å². The van der Waals surface area contributed by atoms with Crippen molar-refractivity contribution in [2.45, 2.75) is 200 Å². The lowest BCUT2D eigenvalue weighted by atomic mass is 10.1. The first-order chi connectivity index (χ1) is 31.4. The highest BCUT2D eigenvalue weighted by Gasteiger charge is 2.25. The molecule has 0 radical (unpaired) electrons. The van der Waals surface area contributed by atoms with Crippen molar-refractivity contribution in [1.29, 1.82) is 0 Å². The largest absolute Gasteiger partial charge is 0.472 e. The van der Waals surface area contributed by atoms with Gasteiger partial charge in [-0.25, -0.2) is 4.57 Å². The fourth-order valence-corrected chi connectivity index (χ4v) is 7.24. The van der Waals surface area contributed by atoms with Crippen molar-refractivity contribution in [3.05, 3.63) is 109 Å². The average molecular weight is 912 g/mol. The molecule has 0 heterocycles. The quantitative estimate of drug-likeness (QED) is 0.0268. The second kappa shape index (κ2) is 51.1. The Hall–Kier alpha value is -2.84. The summed E-state index contributed by atoms with van der Waals surface area (Å²) in [5, 5.41) is 0. The lowest BCUT2D eigenvalue weighted by Gasteiger charge is -2.20. The monoisotopic (exact) mass is 912 g/mol. The van der Waals surface area contributed by atoms with Crippen LogP contribution in [0.5, 0.6) is 0 Å². The smallest absolute Gasteiger partial charge is 0.457 e. The first-order valence-corrected chi connectivity index (χ1v) is 26.9. The predicted molar refractivity (Wildman–Crippen MR) is 274 cm³/mol. The summed E-state index contributed by atoms with van der Waals surface area (Å²) < 4.78 is 33.6. The van der Waals surface area contributed by atoms with Crippen LogP contribution in [0.4, 0.5) is 0 Å². The van der Waals surface area contributed by atoms with E-state index in [1.165, 1.54) is 64.2 Å². The number of rotatable bonds is 47. The Morgan fingerprint density at radius 1 is 0.484 bits per heavy atom. The molecule has 2 unspecified atom stereocenters. The van der Waals surface area contributed by atoms with Crippen molar-refractivity contribution in [3.63, 3.8) is 0 Å². The van der Waals surface area contributed by atoms with Crippen LogP contribution in [0.25, 0.3) is 0 Å². The van der Waals surface area contributed by atoms with Gasteiger partial charge in [0.25, 0.3) is 0 Å². The summed E-state index contributed by atoms with van der Waals surface area (Å²) in [5.74, 6) is -0.353. The Balaban J connectivity index is 4.06. The third kappa shape index (κ3) is 50.2. The fourth-order valence-electron chi connectivity index (χ4n) is 6.48. The molecule has 0 aromatic heterocycles. The molecule has 0 amide bonds. The topological polar surface area (TPSA) is 117 Å². The van der Waals surface area contributed by atoms with Gasteiger partial charge in [-0.05, 0) is 103 Å². The minimum Gasteiger partial charge on any atom is -0.457 e. The number of carbonyl (C=O) groups excluding carboxylic acids is 1. The Bertz CT molecular complexity index is 1350. The third-order valence-electron chi connectivity index (χ3n) is 10.2. The van der Waals surface area contributed by atoms with Crippen LogP contribution < -0.4 is 5.73 Å². The maximum atomic E-state index is 12.7. The van der Waals surface area contributed by atoms with Crippen molar-refractivity contribution >= 4 is 13.8 Å². The molecule has 9 heteroatoms. The fraction of sp³-hybridized carbons (Fsp3) is 0.655. The molecule has 0 aliphatic heterocycles. The van der Waals surface area contributed by atoms with Crippen LogP contribution >= 0.6 is 7.82 Å². The van der Waals surface area contributed by atoms with E-state index in [2.05, 4.69) is 123 Å². The molecule has 3 N–H and O–H groups in total. The van der Waals surface area contributed by atoms with Gasteiger partial charge in [-0.3, -0.25) is 13.8 Å². The van der Waals surface area contributed by atoms with E-state index in [4.69, 9.17) is 24.3 Å². The van der Waals surface area contributed by atoms with Crippen LogP contribution in [0.2, 0.25) is 0 Å². The molecule has 366 valence electrons. The van der Waals surface area contributed by atoms with Gasteiger partial charge in [-0.2, -0.15) is 0 Å². The molecule has 0 aliphatic rings. The zero-order valence-corrected chi connectivity index (χ0v) is 41.6. The first-order valence-electron chi connectivity index (χ1n) is 25.4. The van der Waals surface area contributed by atoms with Crippen molar-refractivity contribution in [2.24, 2.45) is 5.73 Å². The Morgan fingerprint density at radius 3 is 1.31 bits per heavy atom. The molecule has 0 saturated heterocycles. The lowest BCUT2D eigenvalue weighted by molar-refractivity contribution is -0.154. The first kappa shape index (κ1) is 61.2. The van der Waals surface area contributed by atoms with E-state index >= 15 is 0 Å². The van der Waals surface area contributed by atoms with Gasteiger partial charge in [0, 0.05) is 19.6 Å². The number of phosphoric acid groups is 1. The Kier molecular flexibility index (Phi) is 48.9. The number of carbonyl (C=O) groups is 1. The highest BCUT2D eigenvalue weighted by molar-refractivity contribution is 7.47. The third-order valence-corrected chi connectivity index (χ3v) is 11.2. The molecular weight excluding hydrogens is 818 g/mol. The number of allylic oxidation sites excluding steroid dienone is 18. The summed E-state index contributed by atoms with van der Waals surface area (Å²) in [5.41, 5.74) is 5.39. The summed E-state index contributed by atoms with van der Waals surface area (Å²) in [6.45, 7) is 4.72. The predicted octanol–water partition coefficient (Wildman–Crippen LogP) is 16.0. The number of phosphoric ester groups is 1. The minimum absolute atomic E-state index is 0.0895. The van der Waals surface area contributed by atoms with Crippen LogP contribution in [-0.2, 0) is 27.9 Å². The Labute approximate surface area is 393 Å². The second-order valence-electron chi connectivity index (χ2n) is 16.3. The van der Waals surface area contributed by atoms with Crippen LogP contribution in [0.3, 0.4) is 0 Å². The van der Waals surface area contributed by atoms with Crippen LogP contribution in [0.15, 0.2) is 109 Å². The van der Waals surface area contributed by atoms with Gasteiger partial charge < -0.3 is 20.1 Å². The van der Waals surface area contributed by atoms with Gasteiger partial charge >= 0.3 is 13.8 Å². The van der Waals surface area contributed by atoms with Crippen molar-refractivity contribution < 1.29 is 32.8 Å². The lowest BCUT2D eigenvalue weighted by Crippen LogP contribution is -2.28. The highest BCUT2D eigenvalue weighted by Crippen LogP contribution is 2.43. The van der Waals surface area contributed by atoms with Crippen LogP contribution in [-0.4, -0.2) is 49.9 Å². The van der Waals surface area contributed by atoms with E-state index in [0.717, 1.165) is 109 Å². The normalized spacial score (nSPS) is 14.2. The molecule has 0 bridgehead atoms. The SMILES string of the molecule is CC/C=C\C/C=C\C/C=C\C/C=C\C/C=C\C/C=C\CCCCCCCCC(=O)OC(COCCCCCCCCC/C=C\C/C=C\C/C=C\CCCCC)COP(=O)(O)OCCN. The molecule has 0 fully saturated rings. The van der Waals surface area contributed by atoms with Gasteiger partial charge in [0.15, 0.2) is 0 Å². The van der Waals surface area contributed by atoms with Crippen molar-refractivity contribution in [1.82, 2.24) is 0 Å². The summed E-state index contributed by atoms with van der Waals surface area (Å²) in [7, 11) is -4.30. The van der Waals surface area contributed by atoms with Crippen LogP contribution in [0, 0.1) is 0 Å². The van der Waals surface area contributed by atoms with Crippen molar-refractivity contribution in [2.75, 3.05) is 33.0 Å². The Morgan fingerprint density at radius 2 is 0.875 bits per heavy atom. The van der Waals surface area contributed by atoms with E-state index in [9.17, 15) is 14.3 Å². The van der Waals surface area contributed by atoms with Crippen molar-refractivity contribution in [3.8, 4) is 0 Å². The molecule has 8 nitrogen and oxygen atoms in total. The number of unbranched alkanes of at least 4 members (excludes halogenated alkanes) is 16. The standard InChI is InChI=1S/C55H94NO7P/c1-3-5-7-9-11-13-15-17-19-21-23-25-26-27-28-29-30-32-34-36-38-40-42-44-46-48-55(57)63-54(53-62-64(58,59)61-51-49-56)52-60-50-47-45-43-41-39-37-35-33-31-24-22-20-18-16-14-12-10-8-6-4-2/h5,7,11-14,17-20,23-25,27-28,30-32,54H,3-4,6,8-10,15-16,21-22,26,29,33-53,56H2,1-2H3,(H,58,59)/b7-5-,13-11-,14-12-,19-17-,20-18-,25-23-,28-27-,31-24-,32-30-. The number of esters is 1.